The molecule has 0 spiro atoms. The van der Waals surface area contributed by atoms with Crippen molar-refractivity contribution in [1.29, 1.82) is 0 Å². The van der Waals surface area contributed by atoms with E-state index in [1.54, 1.807) is 0 Å². The van der Waals surface area contributed by atoms with Gasteiger partial charge in [-0.1, -0.05) is 0 Å². The van der Waals surface area contributed by atoms with Gasteiger partial charge in [0, 0.05) is 19.2 Å². The maximum absolute atomic E-state index is 11.9. The first-order valence-electron chi connectivity index (χ1n) is 6.49. The van der Waals surface area contributed by atoms with E-state index in [0.717, 1.165) is 18.4 Å². The van der Waals surface area contributed by atoms with Gasteiger partial charge >= 0.3 is 0 Å². The lowest BCUT2D eigenvalue weighted by molar-refractivity contribution is -0.641. The van der Waals surface area contributed by atoms with Crippen LogP contribution in [0.3, 0.4) is 0 Å². The van der Waals surface area contributed by atoms with Gasteiger partial charge in [-0.25, -0.2) is 4.98 Å². The molecule has 0 saturated heterocycles. The van der Waals surface area contributed by atoms with E-state index in [4.69, 9.17) is 0 Å². The van der Waals surface area contributed by atoms with Crippen molar-refractivity contribution in [3.05, 3.63) is 28.5 Å². The van der Waals surface area contributed by atoms with Gasteiger partial charge in [0.25, 0.3) is 11.5 Å². The van der Waals surface area contributed by atoms with Crippen LogP contribution in [0.25, 0.3) is 11.0 Å². The monoisotopic (exact) mass is 260 g/mol. The lowest BCUT2D eigenvalue weighted by atomic mass is 10.1. The number of rotatable bonds is 3. The van der Waals surface area contributed by atoms with Crippen molar-refractivity contribution >= 4 is 17.0 Å². The summed E-state index contributed by atoms with van der Waals surface area (Å²) >= 11 is 0. The molecule has 6 nitrogen and oxygen atoms in total. The fraction of sp³-hybridized carbons (Fsp3) is 0.462. The highest BCUT2D eigenvalue weighted by molar-refractivity contribution is 5.74. The molecule has 1 aromatic carbocycles. The van der Waals surface area contributed by atoms with Crippen LogP contribution in [0.2, 0.25) is 0 Å². The maximum atomic E-state index is 11.9. The average molecular weight is 260 g/mol. The molecule has 2 aromatic rings. The van der Waals surface area contributed by atoms with Crippen molar-refractivity contribution in [3.63, 3.8) is 0 Å². The van der Waals surface area contributed by atoms with E-state index >= 15 is 0 Å². The molecule has 0 bridgehead atoms. The highest BCUT2D eigenvalue weighted by Gasteiger charge is 2.24. The molecular formula is C13H16N4O2. The number of anilines is 1. The lowest BCUT2D eigenvalue weighted by Gasteiger charge is -2.05. The molecule has 1 aliphatic rings. The predicted octanol–water partition coefficient (Wildman–Crippen LogP) is 0.402. The Hall–Kier alpha value is -1.95. The van der Waals surface area contributed by atoms with Crippen molar-refractivity contribution < 1.29 is 9.95 Å². The number of aliphatic hydroxyl groups is 1. The second-order valence-electron chi connectivity index (χ2n) is 4.91. The second-order valence-corrected chi connectivity index (χ2v) is 4.91. The summed E-state index contributed by atoms with van der Waals surface area (Å²) in [6.07, 6.45) is 1.66. The van der Waals surface area contributed by atoms with E-state index < -0.39 is 0 Å². The van der Waals surface area contributed by atoms with Crippen LogP contribution < -0.4 is 10.2 Å². The van der Waals surface area contributed by atoms with Crippen molar-refractivity contribution in [2.75, 3.05) is 18.5 Å². The molecule has 1 atom stereocenters. The summed E-state index contributed by atoms with van der Waals surface area (Å²) in [5.74, 6) is 0.606. The molecule has 0 fully saturated rings. The second kappa shape index (κ2) is 4.62. The van der Waals surface area contributed by atoms with Gasteiger partial charge in [-0.05, 0) is 47.7 Å². The fourth-order valence-corrected chi connectivity index (χ4v) is 2.62. The zero-order valence-corrected chi connectivity index (χ0v) is 10.8. The molecule has 1 unspecified atom stereocenters. The van der Waals surface area contributed by atoms with Gasteiger partial charge in [-0.2, -0.15) is 0 Å². The van der Waals surface area contributed by atoms with Crippen LogP contribution in [0, 0.1) is 11.1 Å². The minimum absolute atomic E-state index is 0.177. The molecule has 0 saturated carbocycles. The van der Waals surface area contributed by atoms with Gasteiger partial charge < -0.3 is 15.6 Å². The largest absolute Gasteiger partial charge is 0.594 e. The minimum Gasteiger partial charge on any atom is -0.594 e. The Morgan fingerprint density at radius 2 is 2.16 bits per heavy atom. The van der Waals surface area contributed by atoms with Gasteiger partial charge in [-0.15, -0.1) is 0 Å². The van der Waals surface area contributed by atoms with E-state index in [2.05, 4.69) is 15.4 Å². The number of nitrogens with zero attached hydrogens (tertiary/aromatic N) is 3. The van der Waals surface area contributed by atoms with Crippen molar-refractivity contribution in [1.82, 2.24) is 10.1 Å². The topological polar surface area (TPSA) is 85.0 Å². The summed E-state index contributed by atoms with van der Waals surface area (Å²) in [7, 11) is 0. The Labute approximate surface area is 110 Å². The SMILES string of the molecule is CCNc1nc2cc3c(cc2[n+]([O-])n1)CC(CO)C3. The molecular weight excluding hydrogens is 244 g/mol. The number of fused-ring (bicyclic) bond motifs is 2. The molecule has 100 valence electrons. The number of aromatic nitrogens is 3. The Kier molecular flexibility index (Phi) is 2.94. The van der Waals surface area contributed by atoms with E-state index in [9.17, 15) is 10.3 Å². The highest BCUT2D eigenvalue weighted by Crippen LogP contribution is 2.29. The fourth-order valence-electron chi connectivity index (χ4n) is 2.62. The van der Waals surface area contributed by atoms with Gasteiger partial charge in [0.2, 0.25) is 0 Å². The molecule has 0 radical (unpaired) electrons. The molecule has 1 aromatic heterocycles. The minimum atomic E-state index is 0.177. The summed E-state index contributed by atoms with van der Waals surface area (Å²) in [5, 5.41) is 27.9. The smallest absolute Gasteiger partial charge is 0.290 e. The normalized spacial score (nSPS) is 17.7. The van der Waals surface area contributed by atoms with Crippen LogP contribution in [0.1, 0.15) is 18.1 Å². The lowest BCUT2D eigenvalue weighted by Crippen LogP contribution is -2.33. The Balaban J connectivity index is 2.10. The summed E-state index contributed by atoms with van der Waals surface area (Å²) in [4.78, 5) is 4.97. The number of hydrogen-bond donors (Lipinski definition) is 2. The third-order valence-electron chi connectivity index (χ3n) is 3.53. The quantitative estimate of drug-likeness (QED) is 0.616. The molecule has 2 N–H and O–H groups in total. The van der Waals surface area contributed by atoms with Crippen LogP contribution in [0.4, 0.5) is 5.95 Å². The van der Waals surface area contributed by atoms with E-state index in [0.29, 0.717) is 28.4 Å². The van der Waals surface area contributed by atoms with E-state index in [-0.39, 0.29) is 12.5 Å². The summed E-state index contributed by atoms with van der Waals surface area (Å²) in [5.41, 5.74) is 3.43. The van der Waals surface area contributed by atoms with Crippen molar-refractivity contribution in [3.8, 4) is 0 Å². The van der Waals surface area contributed by atoms with Gasteiger partial charge in [0.05, 0.1) is 5.10 Å². The molecule has 0 aliphatic heterocycles. The average Bonchev–Trinajstić information content (AvgIpc) is 2.79. The Morgan fingerprint density at radius 3 is 2.84 bits per heavy atom. The molecule has 6 heteroatoms. The third kappa shape index (κ3) is 2.08. The van der Waals surface area contributed by atoms with E-state index in [1.807, 2.05) is 19.1 Å². The Morgan fingerprint density at radius 1 is 1.42 bits per heavy atom. The van der Waals surface area contributed by atoms with Crippen LogP contribution >= 0.6 is 0 Å². The molecule has 19 heavy (non-hydrogen) atoms. The van der Waals surface area contributed by atoms with E-state index in [1.165, 1.54) is 5.56 Å². The summed E-state index contributed by atoms with van der Waals surface area (Å²) in [6, 6.07) is 3.79. The zero-order chi connectivity index (χ0) is 13.4. The third-order valence-corrected chi connectivity index (χ3v) is 3.53. The number of nitrogens with one attached hydrogen (secondary N) is 1. The zero-order valence-electron chi connectivity index (χ0n) is 10.8. The number of hydrogen-bond acceptors (Lipinski definition) is 5. The summed E-state index contributed by atoms with van der Waals surface area (Å²) < 4.78 is 0. The number of benzene rings is 1. The molecule has 1 aliphatic carbocycles. The first kappa shape index (κ1) is 12.1. The highest BCUT2D eigenvalue weighted by atomic mass is 16.5. The predicted molar refractivity (Wildman–Crippen MR) is 70.6 cm³/mol. The van der Waals surface area contributed by atoms with Crippen LogP contribution in [0.5, 0.6) is 0 Å². The molecule has 0 amide bonds. The molecule has 3 rings (SSSR count). The van der Waals surface area contributed by atoms with Gasteiger partial charge in [0.1, 0.15) is 5.52 Å². The van der Waals surface area contributed by atoms with Crippen LogP contribution in [0.15, 0.2) is 12.1 Å². The van der Waals surface area contributed by atoms with Crippen molar-refractivity contribution in [2.24, 2.45) is 5.92 Å². The van der Waals surface area contributed by atoms with Crippen LogP contribution in [-0.2, 0) is 12.8 Å². The first-order chi connectivity index (χ1) is 9.21. The molecule has 1 heterocycles. The van der Waals surface area contributed by atoms with Gasteiger partial charge in [-0.3, -0.25) is 0 Å². The maximum Gasteiger partial charge on any atom is 0.290 e. The Bertz CT molecular complexity index is 630. The van der Waals surface area contributed by atoms with Crippen LogP contribution in [-0.4, -0.2) is 28.3 Å². The van der Waals surface area contributed by atoms with Gasteiger partial charge in [0.15, 0.2) is 0 Å². The first-order valence-corrected chi connectivity index (χ1v) is 6.49. The summed E-state index contributed by atoms with van der Waals surface area (Å²) in [6.45, 7) is 2.77. The number of aliphatic hydroxyl groups excluding tert-OH is 1. The standard InChI is InChI=1S/C13H16N4O2/c1-2-14-13-15-11-5-9-3-8(7-18)4-10(9)6-12(11)17(19)16-13/h5-6,8,18H,2-4,7H2,1H3,(H,14,15,16). The van der Waals surface area contributed by atoms with Crippen molar-refractivity contribution in [2.45, 2.75) is 19.8 Å².